The molecule has 0 saturated carbocycles. The SMILES string of the molecule is C/C(=N\Nc1nc(-c2ccc(C)cc2)nc2ccccc12)c1ccc(Br)cc1. The topological polar surface area (TPSA) is 50.2 Å². The predicted molar refractivity (Wildman–Crippen MR) is 120 cm³/mol. The maximum atomic E-state index is 4.74. The predicted octanol–water partition coefficient (Wildman–Crippen LogP) is 6.20. The number of anilines is 1. The number of aromatic nitrogens is 2. The van der Waals surface area contributed by atoms with Crippen LogP contribution in [-0.4, -0.2) is 15.7 Å². The third-order valence-corrected chi connectivity index (χ3v) is 5.03. The smallest absolute Gasteiger partial charge is 0.162 e. The molecule has 0 bridgehead atoms. The number of nitrogens with one attached hydrogen (secondary N) is 1. The number of halogens is 1. The molecular weight excluding hydrogens is 412 g/mol. The lowest BCUT2D eigenvalue weighted by molar-refractivity contribution is 1.18. The minimum Gasteiger partial charge on any atom is -0.260 e. The van der Waals surface area contributed by atoms with E-state index in [4.69, 9.17) is 9.97 Å². The van der Waals surface area contributed by atoms with Gasteiger partial charge in [-0.15, -0.1) is 0 Å². The first-order valence-corrected chi connectivity index (χ1v) is 9.79. The van der Waals surface area contributed by atoms with Crippen molar-refractivity contribution in [1.29, 1.82) is 0 Å². The molecule has 0 amide bonds. The van der Waals surface area contributed by atoms with Crippen molar-refractivity contribution in [2.75, 3.05) is 5.43 Å². The molecule has 1 N–H and O–H groups in total. The Hall–Kier alpha value is -3.05. The van der Waals surface area contributed by atoms with Gasteiger partial charge in [-0.2, -0.15) is 5.10 Å². The van der Waals surface area contributed by atoms with Crippen LogP contribution in [0.3, 0.4) is 0 Å². The van der Waals surface area contributed by atoms with E-state index >= 15 is 0 Å². The second kappa shape index (κ2) is 7.90. The average Bonchev–Trinajstić information content (AvgIpc) is 2.72. The first kappa shape index (κ1) is 18.3. The van der Waals surface area contributed by atoms with Crippen molar-refractivity contribution < 1.29 is 0 Å². The van der Waals surface area contributed by atoms with Crippen LogP contribution >= 0.6 is 15.9 Å². The minimum atomic E-state index is 0.678. The molecule has 0 unspecified atom stereocenters. The summed E-state index contributed by atoms with van der Waals surface area (Å²) >= 11 is 3.46. The van der Waals surface area contributed by atoms with Gasteiger partial charge in [0.1, 0.15) is 0 Å². The van der Waals surface area contributed by atoms with Gasteiger partial charge in [0.25, 0.3) is 0 Å². The quantitative estimate of drug-likeness (QED) is 0.309. The summed E-state index contributed by atoms with van der Waals surface area (Å²) in [6, 6.07) is 24.2. The second-order valence-electron chi connectivity index (χ2n) is 6.59. The molecule has 0 radical (unpaired) electrons. The Kier molecular flexibility index (Phi) is 5.17. The first-order chi connectivity index (χ1) is 13.6. The maximum Gasteiger partial charge on any atom is 0.162 e. The molecule has 0 atom stereocenters. The number of benzene rings is 3. The Morgan fingerprint density at radius 1 is 0.893 bits per heavy atom. The zero-order chi connectivity index (χ0) is 19.5. The summed E-state index contributed by atoms with van der Waals surface area (Å²) in [7, 11) is 0. The highest BCUT2D eigenvalue weighted by Crippen LogP contribution is 2.25. The first-order valence-electron chi connectivity index (χ1n) is 9.00. The van der Waals surface area contributed by atoms with Crippen molar-refractivity contribution in [1.82, 2.24) is 9.97 Å². The third-order valence-electron chi connectivity index (χ3n) is 4.50. The van der Waals surface area contributed by atoms with E-state index in [1.54, 1.807) is 0 Å². The Labute approximate surface area is 172 Å². The Morgan fingerprint density at radius 3 is 2.36 bits per heavy atom. The van der Waals surface area contributed by atoms with Crippen molar-refractivity contribution in [3.63, 3.8) is 0 Å². The van der Waals surface area contributed by atoms with E-state index in [1.165, 1.54) is 5.56 Å². The fourth-order valence-electron chi connectivity index (χ4n) is 2.89. The van der Waals surface area contributed by atoms with Crippen molar-refractivity contribution in [2.24, 2.45) is 5.10 Å². The summed E-state index contributed by atoms with van der Waals surface area (Å²) in [5, 5.41) is 5.49. The van der Waals surface area contributed by atoms with Gasteiger partial charge in [0.15, 0.2) is 11.6 Å². The number of aryl methyl sites for hydroxylation is 1. The van der Waals surface area contributed by atoms with Gasteiger partial charge in [0, 0.05) is 15.4 Å². The van der Waals surface area contributed by atoms with Gasteiger partial charge >= 0.3 is 0 Å². The molecule has 3 aromatic carbocycles. The molecule has 4 rings (SSSR count). The summed E-state index contributed by atoms with van der Waals surface area (Å²) in [6.07, 6.45) is 0. The minimum absolute atomic E-state index is 0.678. The van der Waals surface area contributed by atoms with Gasteiger partial charge in [0.2, 0.25) is 0 Å². The van der Waals surface area contributed by atoms with Gasteiger partial charge in [-0.25, -0.2) is 9.97 Å². The monoisotopic (exact) mass is 430 g/mol. The molecule has 0 fully saturated rings. The molecule has 1 heterocycles. The molecule has 5 heteroatoms. The van der Waals surface area contributed by atoms with E-state index in [0.717, 1.165) is 32.2 Å². The van der Waals surface area contributed by atoms with Crippen LogP contribution in [0.15, 0.2) is 82.4 Å². The van der Waals surface area contributed by atoms with Crippen LogP contribution in [0.5, 0.6) is 0 Å². The third kappa shape index (κ3) is 3.94. The Morgan fingerprint density at radius 2 is 1.61 bits per heavy atom. The molecule has 0 aliphatic carbocycles. The van der Waals surface area contributed by atoms with E-state index in [2.05, 4.69) is 45.5 Å². The van der Waals surface area contributed by atoms with Gasteiger partial charge in [0.05, 0.1) is 11.2 Å². The Balaban J connectivity index is 1.73. The number of nitrogens with zero attached hydrogens (tertiary/aromatic N) is 3. The molecule has 1 aromatic heterocycles. The number of para-hydroxylation sites is 1. The lowest BCUT2D eigenvalue weighted by Gasteiger charge is -2.09. The average molecular weight is 431 g/mol. The van der Waals surface area contributed by atoms with E-state index in [9.17, 15) is 0 Å². The molecule has 28 heavy (non-hydrogen) atoms. The van der Waals surface area contributed by atoms with Crippen LogP contribution < -0.4 is 5.43 Å². The standard InChI is InChI=1S/C23H19BrN4/c1-15-7-9-18(10-8-15)22-25-21-6-4-3-5-20(21)23(26-22)28-27-16(2)17-11-13-19(24)14-12-17/h3-14H,1-2H3,(H,25,26,28)/b27-16+. The van der Waals surface area contributed by atoms with Crippen LogP contribution in [0.4, 0.5) is 5.82 Å². The van der Waals surface area contributed by atoms with Crippen LogP contribution in [0, 0.1) is 6.92 Å². The molecule has 0 spiro atoms. The second-order valence-corrected chi connectivity index (χ2v) is 7.51. The van der Waals surface area contributed by atoms with Crippen molar-refractivity contribution in [2.45, 2.75) is 13.8 Å². The number of hydrogen-bond acceptors (Lipinski definition) is 4. The molecule has 0 aliphatic rings. The van der Waals surface area contributed by atoms with Crippen LogP contribution in [0.2, 0.25) is 0 Å². The Bertz CT molecular complexity index is 1150. The molecule has 4 nitrogen and oxygen atoms in total. The highest BCUT2D eigenvalue weighted by atomic mass is 79.9. The number of hydrazone groups is 1. The molecule has 0 aliphatic heterocycles. The normalized spacial score (nSPS) is 11.6. The fraction of sp³-hybridized carbons (Fsp3) is 0.0870. The zero-order valence-electron chi connectivity index (χ0n) is 15.6. The van der Waals surface area contributed by atoms with Crippen LogP contribution in [-0.2, 0) is 0 Å². The van der Waals surface area contributed by atoms with Crippen molar-refractivity contribution in [3.05, 3.63) is 88.4 Å². The maximum absolute atomic E-state index is 4.74. The van der Waals surface area contributed by atoms with Gasteiger partial charge in [-0.05, 0) is 43.7 Å². The van der Waals surface area contributed by atoms with Crippen LogP contribution in [0.1, 0.15) is 18.1 Å². The van der Waals surface area contributed by atoms with E-state index in [0.29, 0.717) is 11.6 Å². The fourth-order valence-corrected chi connectivity index (χ4v) is 3.15. The van der Waals surface area contributed by atoms with Gasteiger partial charge in [-0.3, -0.25) is 5.43 Å². The van der Waals surface area contributed by atoms with E-state index in [1.807, 2.05) is 67.6 Å². The van der Waals surface area contributed by atoms with Crippen LogP contribution in [0.25, 0.3) is 22.3 Å². The van der Waals surface area contributed by atoms with E-state index in [-0.39, 0.29) is 0 Å². The summed E-state index contributed by atoms with van der Waals surface area (Å²) in [4.78, 5) is 9.47. The van der Waals surface area contributed by atoms with Crippen molar-refractivity contribution >= 4 is 38.4 Å². The molecular formula is C23H19BrN4. The summed E-state index contributed by atoms with van der Waals surface area (Å²) in [5.74, 6) is 1.37. The largest absolute Gasteiger partial charge is 0.260 e. The molecule has 0 saturated heterocycles. The van der Waals surface area contributed by atoms with Crippen molar-refractivity contribution in [3.8, 4) is 11.4 Å². The summed E-state index contributed by atoms with van der Waals surface area (Å²) < 4.78 is 1.04. The van der Waals surface area contributed by atoms with E-state index < -0.39 is 0 Å². The lowest BCUT2D eigenvalue weighted by Crippen LogP contribution is -2.03. The zero-order valence-corrected chi connectivity index (χ0v) is 17.2. The summed E-state index contributed by atoms with van der Waals surface area (Å²) in [6.45, 7) is 4.04. The number of hydrogen-bond donors (Lipinski definition) is 1. The highest BCUT2D eigenvalue weighted by molar-refractivity contribution is 9.10. The van der Waals surface area contributed by atoms with Gasteiger partial charge < -0.3 is 0 Å². The highest BCUT2D eigenvalue weighted by Gasteiger charge is 2.09. The molecule has 4 aromatic rings. The lowest BCUT2D eigenvalue weighted by atomic mass is 10.1. The van der Waals surface area contributed by atoms with Gasteiger partial charge in [-0.1, -0.05) is 70.0 Å². The number of fused-ring (bicyclic) bond motifs is 1. The summed E-state index contributed by atoms with van der Waals surface area (Å²) in [5.41, 5.74) is 8.14. The molecule has 138 valence electrons. The number of rotatable bonds is 4.